The Morgan fingerprint density at radius 1 is 1.03 bits per heavy atom. The molecule has 0 saturated carbocycles. The maximum atomic E-state index is 13.1. The molecule has 1 aromatic carbocycles. The van der Waals surface area contributed by atoms with Gasteiger partial charge < -0.3 is 19.1 Å². The zero-order chi connectivity index (χ0) is 22.3. The zero-order valence-electron chi connectivity index (χ0n) is 19.0. The van der Waals surface area contributed by atoms with Crippen molar-refractivity contribution in [3.8, 4) is 5.75 Å². The van der Waals surface area contributed by atoms with Gasteiger partial charge in [-0.05, 0) is 31.4 Å². The standard InChI is InChI=1S/C25H34N4O3/c1-2-23-26-12-16-28(23)19-25(31)29-15-11-22(32-21-9-5-3-6-10-21)20(18-29)17-24(30)27-13-7-4-8-14-27/h3,5-6,9-10,12,16,20,22H,2,4,7-8,11,13-15,17-19H2,1H3/t20-,22-/m0/s1. The number of hydrogen-bond acceptors (Lipinski definition) is 4. The highest BCUT2D eigenvalue weighted by Crippen LogP contribution is 2.27. The lowest BCUT2D eigenvalue weighted by molar-refractivity contribution is -0.140. The first-order valence-electron chi connectivity index (χ1n) is 11.9. The van der Waals surface area contributed by atoms with Crippen LogP contribution in [0.2, 0.25) is 0 Å². The number of carbonyl (C=O) groups is 2. The van der Waals surface area contributed by atoms with Gasteiger partial charge in [-0.1, -0.05) is 25.1 Å². The van der Waals surface area contributed by atoms with Crippen LogP contribution in [0.4, 0.5) is 0 Å². The molecule has 0 unspecified atom stereocenters. The number of para-hydroxylation sites is 1. The van der Waals surface area contributed by atoms with Crippen LogP contribution in [0.25, 0.3) is 0 Å². The maximum Gasteiger partial charge on any atom is 0.242 e. The Morgan fingerprint density at radius 2 is 1.81 bits per heavy atom. The molecule has 172 valence electrons. The van der Waals surface area contributed by atoms with E-state index in [0.717, 1.165) is 50.3 Å². The van der Waals surface area contributed by atoms with Crippen LogP contribution in [0.5, 0.6) is 5.75 Å². The van der Waals surface area contributed by atoms with Gasteiger partial charge in [-0.25, -0.2) is 4.98 Å². The van der Waals surface area contributed by atoms with Crippen molar-refractivity contribution in [2.45, 2.75) is 58.1 Å². The molecule has 2 aromatic rings. The first kappa shape index (κ1) is 22.4. The summed E-state index contributed by atoms with van der Waals surface area (Å²) in [5, 5.41) is 0. The Morgan fingerprint density at radius 3 is 2.56 bits per heavy atom. The van der Waals surface area contributed by atoms with Gasteiger partial charge >= 0.3 is 0 Å². The van der Waals surface area contributed by atoms with Gasteiger partial charge in [0.2, 0.25) is 11.8 Å². The number of rotatable bonds is 7. The normalized spacial score (nSPS) is 21.4. The summed E-state index contributed by atoms with van der Waals surface area (Å²) in [7, 11) is 0. The summed E-state index contributed by atoms with van der Waals surface area (Å²) in [4.78, 5) is 34.3. The second kappa shape index (κ2) is 10.7. The molecule has 0 radical (unpaired) electrons. The second-order valence-electron chi connectivity index (χ2n) is 8.83. The lowest BCUT2D eigenvalue weighted by Crippen LogP contribution is -2.50. The van der Waals surface area contributed by atoms with Crippen LogP contribution in [0.1, 0.15) is 44.9 Å². The number of aryl methyl sites for hydroxylation is 1. The predicted octanol–water partition coefficient (Wildman–Crippen LogP) is 3.14. The summed E-state index contributed by atoms with van der Waals surface area (Å²) in [6.07, 6.45) is 8.82. The molecule has 0 aliphatic carbocycles. The molecule has 1 aromatic heterocycles. The molecule has 2 amide bonds. The molecule has 32 heavy (non-hydrogen) atoms. The summed E-state index contributed by atoms with van der Waals surface area (Å²) in [5.41, 5.74) is 0. The van der Waals surface area contributed by atoms with Crippen molar-refractivity contribution in [3.63, 3.8) is 0 Å². The average Bonchev–Trinajstić information content (AvgIpc) is 3.28. The number of amides is 2. The van der Waals surface area contributed by atoms with Gasteiger partial charge in [-0.15, -0.1) is 0 Å². The Balaban J connectivity index is 1.44. The smallest absolute Gasteiger partial charge is 0.242 e. The molecule has 0 bridgehead atoms. The van der Waals surface area contributed by atoms with Crippen molar-refractivity contribution < 1.29 is 14.3 Å². The summed E-state index contributed by atoms with van der Waals surface area (Å²) >= 11 is 0. The van der Waals surface area contributed by atoms with E-state index in [2.05, 4.69) is 4.98 Å². The van der Waals surface area contributed by atoms with E-state index in [-0.39, 0.29) is 23.8 Å². The molecule has 2 fully saturated rings. The van der Waals surface area contributed by atoms with Crippen LogP contribution in [0, 0.1) is 5.92 Å². The molecule has 0 spiro atoms. The van der Waals surface area contributed by atoms with E-state index in [0.29, 0.717) is 26.1 Å². The summed E-state index contributed by atoms with van der Waals surface area (Å²) in [5.74, 6) is 1.98. The lowest BCUT2D eigenvalue weighted by Gasteiger charge is -2.39. The fourth-order valence-electron chi connectivity index (χ4n) is 4.80. The largest absolute Gasteiger partial charge is 0.490 e. The SMILES string of the molecule is CCc1nccn1CC(=O)N1CC[C@H](Oc2ccccc2)[C@@H](CC(=O)N2CCCCC2)C1. The van der Waals surface area contributed by atoms with Crippen molar-refractivity contribution in [1.82, 2.24) is 19.4 Å². The van der Waals surface area contributed by atoms with Gasteiger partial charge in [0.15, 0.2) is 0 Å². The van der Waals surface area contributed by atoms with Crippen molar-refractivity contribution in [2.75, 3.05) is 26.2 Å². The monoisotopic (exact) mass is 438 g/mol. The molecule has 7 nitrogen and oxygen atoms in total. The number of ether oxygens (including phenoxy) is 1. The topological polar surface area (TPSA) is 67.7 Å². The van der Waals surface area contributed by atoms with Crippen LogP contribution in [0.3, 0.4) is 0 Å². The summed E-state index contributed by atoms with van der Waals surface area (Å²) in [6, 6.07) is 9.78. The Kier molecular flexibility index (Phi) is 7.45. The number of piperidine rings is 2. The molecule has 4 rings (SSSR count). The van der Waals surface area contributed by atoms with Crippen LogP contribution >= 0.6 is 0 Å². The number of carbonyl (C=O) groups excluding carboxylic acids is 2. The van der Waals surface area contributed by atoms with E-state index in [4.69, 9.17) is 4.74 Å². The fourth-order valence-corrected chi connectivity index (χ4v) is 4.80. The van der Waals surface area contributed by atoms with Crippen LogP contribution < -0.4 is 4.74 Å². The third kappa shape index (κ3) is 5.50. The first-order valence-corrected chi connectivity index (χ1v) is 11.9. The van der Waals surface area contributed by atoms with Crippen molar-refractivity contribution in [2.24, 2.45) is 5.92 Å². The van der Waals surface area contributed by atoms with Gasteiger partial charge in [-0.3, -0.25) is 9.59 Å². The van der Waals surface area contributed by atoms with E-state index in [1.54, 1.807) is 6.20 Å². The predicted molar refractivity (Wildman–Crippen MR) is 122 cm³/mol. The number of hydrogen-bond donors (Lipinski definition) is 0. The average molecular weight is 439 g/mol. The molecule has 2 atom stereocenters. The maximum absolute atomic E-state index is 13.1. The molecular formula is C25H34N4O3. The highest BCUT2D eigenvalue weighted by Gasteiger charge is 2.35. The number of benzene rings is 1. The third-order valence-corrected chi connectivity index (χ3v) is 6.62. The van der Waals surface area contributed by atoms with E-state index < -0.39 is 0 Å². The Hall–Kier alpha value is -2.83. The van der Waals surface area contributed by atoms with E-state index in [9.17, 15) is 9.59 Å². The van der Waals surface area contributed by atoms with Crippen molar-refractivity contribution >= 4 is 11.8 Å². The first-order chi connectivity index (χ1) is 15.6. The number of nitrogens with zero attached hydrogens (tertiary/aromatic N) is 4. The lowest BCUT2D eigenvalue weighted by atomic mass is 9.90. The van der Waals surface area contributed by atoms with Gasteiger partial charge in [-0.2, -0.15) is 0 Å². The minimum Gasteiger partial charge on any atom is -0.490 e. The molecule has 7 heteroatoms. The quantitative estimate of drug-likeness (QED) is 0.666. The highest BCUT2D eigenvalue weighted by molar-refractivity contribution is 5.78. The van der Waals surface area contributed by atoms with Crippen molar-refractivity contribution in [3.05, 3.63) is 48.5 Å². The van der Waals surface area contributed by atoms with Gasteiger partial charge in [0, 0.05) is 63.8 Å². The molecule has 2 aliphatic heterocycles. The molecule has 3 heterocycles. The Bertz CT molecular complexity index is 892. The van der Waals surface area contributed by atoms with E-state index >= 15 is 0 Å². The van der Waals surface area contributed by atoms with Crippen LogP contribution in [-0.4, -0.2) is 63.4 Å². The van der Waals surface area contributed by atoms with Gasteiger partial charge in [0.1, 0.15) is 24.2 Å². The molecular weight excluding hydrogens is 404 g/mol. The van der Waals surface area contributed by atoms with E-state index in [1.807, 2.05) is 57.8 Å². The zero-order valence-corrected chi connectivity index (χ0v) is 19.0. The minimum absolute atomic E-state index is 0.0178. The van der Waals surface area contributed by atoms with Crippen molar-refractivity contribution in [1.29, 1.82) is 0 Å². The molecule has 0 N–H and O–H groups in total. The number of aromatic nitrogens is 2. The van der Waals surface area contributed by atoms with Gasteiger partial charge in [0.25, 0.3) is 0 Å². The minimum atomic E-state index is -0.0744. The third-order valence-electron chi connectivity index (χ3n) is 6.62. The second-order valence-corrected chi connectivity index (χ2v) is 8.83. The number of likely N-dealkylation sites (tertiary alicyclic amines) is 2. The summed E-state index contributed by atoms with van der Waals surface area (Å²) in [6.45, 7) is 5.21. The molecule has 2 saturated heterocycles. The highest BCUT2D eigenvalue weighted by atomic mass is 16.5. The van der Waals surface area contributed by atoms with Gasteiger partial charge in [0.05, 0.1) is 0 Å². The van der Waals surface area contributed by atoms with E-state index in [1.165, 1.54) is 6.42 Å². The fraction of sp³-hybridized carbons (Fsp3) is 0.560. The van der Waals surface area contributed by atoms with Crippen LogP contribution in [0.15, 0.2) is 42.7 Å². The van der Waals surface area contributed by atoms with Crippen LogP contribution in [-0.2, 0) is 22.6 Å². The molecule has 2 aliphatic rings. The Labute approximate surface area is 190 Å². The summed E-state index contributed by atoms with van der Waals surface area (Å²) < 4.78 is 8.22. The number of imidazole rings is 1.